The van der Waals surface area contributed by atoms with E-state index >= 15 is 0 Å². The van der Waals surface area contributed by atoms with Crippen LogP contribution in [-0.2, 0) is 27.8 Å². The molecule has 2 aromatic carbocycles. The van der Waals surface area contributed by atoms with Crippen LogP contribution >= 0.6 is 11.6 Å². The van der Waals surface area contributed by atoms with E-state index in [-0.39, 0.29) is 11.5 Å². The Morgan fingerprint density at radius 3 is 2.77 bits per heavy atom. The molecule has 0 unspecified atom stereocenters. The summed E-state index contributed by atoms with van der Waals surface area (Å²) in [4.78, 5) is 17.6. The number of aliphatic carboxylic acids is 1. The lowest BCUT2D eigenvalue weighted by Crippen LogP contribution is -2.53. The van der Waals surface area contributed by atoms with E-state index in [1.807, 2.05) is 24.4 Å². The Kier molecular flexibility index (Phi) is 9.24. The number of aromatic nitrogens is 1. The molecule has 0 bridgehead atoms. The fourth-order valence-corrected chi connectivity index (χ4v) is 9.17. The van der Waals surface area contributed by atoms with E-state index in [2.05, 4.69) is 36.3 Å². The Morgan fingerprint density at radius 2 is 2.00 bits per heavy atom. The van der Waals surface area contributed by atoms with Gasteiger partial charge in [-0.05, 0) is 128 Å². The SMILES string of the molecule is COC[C@H]1COc2cc3c(cc2O1)C[C@H](C[C@@H](C)COc1ccnc2c1[C@H](C)CCC2)C31CCC(Nc2cccc(Cl)c2)(C(=O)O)CC1. The average molecular weight is 675 g/mol. The number of carboxylic acid groups (broad SMARTS) is 1. The zero-order valence-electron chi connectivity index (χ0n) is 28.2. The number of carbonyl (C=O) groups is 1. The van der Waals surface area contributed by atoms with Gasteiger partial charge >= 0.3 is 5.97 Å². The number of fused-ring (bicyclic) bond motifs is 4. The molecule has 1 aromatic heterocycles. The van der Waals surface area contributed by atoms with Gasteiger partial charge in [-0.3, -0.25) is 4.98 Å². The van der Waals surface area contributed by atoms with Crippen molar-refractivity contribution in [2.24, 2.45) is 11.8 Å². The number of nitrogens with one attached hydrogen (secondary N) is 1. The fourth-order valence-electron chi connectivity index (χ4n) is 8.98. The summed E-state index contributed by atoms with van der Waals surface area (Å²) in [5.41, 5.74) is 4.50. The summed E-state index contributed by atoms with van der Waals surface area (Å²) < 4.78 is 24.4. The predicted molar refractivity (Wildman–Crippen MR) is 186 cm³/mol. The second kappa shape index (κ2) is 13.4. The van der Waals surface area contributed by atoms with Crippen LogP contribution < -0.4 is 19.5 Å². The molecule has 1 fully saturated rings. The number of carboxylic acids is 1. The molecule has 3 aromatic rings. The Bertz CT molecular complexity index is 1650. The number of ether oxygens (including phenoxy) is 4. The minimum atomic E-state index is -1.07. The molecule has 256 valence electrons. The molecule has 4 aliphatic rings. The summed E-state index contributed by atoms with van der Waals surface area (Å²) >= 11 is 6.27. The smallest absolute Gasteiger partial charge is 0.329 e. The molecule has 4 atom stereocenters. The standard InChI is InChI=1S/C39H47ClN2O6/c1-24(21-46-33-10-15-41-32-9-4-6-25(2)36(32)33)16-27-17-26-18-35-34(47-23-30(48-35)22-45-3)20-31(26)38(27)11-13-39(14-12-38,37(43)44)42-29-8-5-7-28(40)19-29/h5,7-8,10,15,18-20,24-25,27,30,42H,4,6,9,11-14,16-17,21-23H2,1-3H3,(H,43,44)/t24-,25-,27+,30+,38?,39?/m1/s1. The van der Waals surface area contributed by atoms with Crippen LogP contribution in [0.3, 0.4) is 0 Å². The van der Waals surface area contributed by atoms with Gasteiger partial charge in [0.2, 0.25) is 0 Å². The highest BCUT2D eigenvalue weighted by Gasteiger charge is 2.54. The molecule has 0 radical (unpaired) electrons. The Labute approximate surface area is 288 Å². The van der Waals surface area contributed by atoms with Crippen LogP contribution in [0.1, 0.15) is 87.1 Å². The number of nitrogens with zero attached hydrogens (tertiary/aromatic N) is 1. The third kappa shape index (κ3) is 6.22. The topological polar surface area (TPSA) is 99.1 Å². The Hall–Kier alpha value is -3.49. The molecule has 0 amide bonds. The number of aryl methyl sites for hydroxylation is 1. The number of halogens is 1. The molecule has 7 rings (SSSR count). The number of pyridine rings is 1. The van der Waals surface area contributed by atoms with E-state index in [9.17, 15) is 9.90 Å². The molecule has 2 heterocycles. The average Bonchev–Trinajstić information content (AvgIpc) is 3.34. The third-order valence-electron chi connectivity index (χ3n) is 11.4. The monoisotopic (exact) mass is 674 g/mol. The second-order valence-corrected chi connectivity index (χ2v) is 15.1. The molecular formula is C39H47ClN2O6. The summed E-state index contributed by atoms with van der Waals surface area (Å²) in [5, 5.41) is 14.6. The molecule has 9 heteroatoms. The van der Waals surface area contributed by atoms with Gasteiger partial charge in [0.1, 0.15) is 17.9 Å². The van der Waals surface area contributed by atoms with Crippen LogP contribution in [0.4, 0.5) is 5.69 Å². The van der Waals surface area contributed by atoms with Crippen LogP contribution in [0.5, 0.6) is 17.2 Å². The van der Waals surface area contributed by atoms with Crippen molar-refractivity contribution in [1.29, 1.82) is 0 Å². The largest absolute Gasteiger partial charge is 0.493 e. The van der Waals surface area contributed by atoms with Crippen molar-refractivity contribution in [2.45, 2.75) is 94.6 Å². The fraction of sp³-hybridized carbons (Fsp3) is 0.538. The number of hydrogen-bond donors (Lipinski definition) is 2. The number of anilines is 1. The number of hydrogen-bond acceptors (Lipinski definition) is 7. The van der Waals surface area contributed by atoms with Crippen molar-refractivity contribution in [3.63, 3.8) is 0 Å². The summed E-state index contributed by atoms with van der Waals surface area (Å²) in [5.74, 6) is 2.77. The molecule has 2 N–H and O–H groups in total. The van der Waals surface area contributed by atoms with Crippen molar-refractivity contribution < 1.29 is 28.8 Å². The van der Waals surface area contributed by atoms with Gasteiger partial charge in [-0.1, -0.05) is 31.5 Å². The Balaban J connectivity index is 1.15. The van der Waals surface area contributed by atoms with Crippen LogP contribution in [0.25, 0.3) is 0 Å². The maximum Gasteiger partial charge on any atom is 0.329 e. The summed E-state index contributed by atoms with van der Waals surface area (Å²) in [6, 6.07) is 13.7. The zero-order valence-corrected chi connectivity index (χ0v) is 29.0. The molecule has 1 saturated carbocycles. The number of methoxy groups -OCH3 is 1. The lowest BCUT2D eigenvalue weighted by Gasteiger charge is -2.47. The molecular weight excluding hydrogens is 628 g/mol. The van der Waals surface area contributed by atoms with E-state index in [1.54, 1.807) is 19.2 Å². The molecule has 8 nitrogen and oxygen atoms in total. The first-order valence-electron chi connectivity index (χ1n) is 17.5. The summed E-state index contributed by atoms with van der Waals surface area (Å²) in [6.45, 7) is 6.10. The van der Waals surface area contributed by atoms with E-state index in [1.165, 1.54) is 35.2 Å². The highest BCUT2D eigenvalue weighted by molar-refractivity contribution is 6.30. The van der Waals surface area contributed by atoms with Crippen LogP contribution in [-0.4, -0.2) is 54.6 Å². The minimum absolute atomic E-state index is 0.144. The predicted octanol–water partition coefficient (Wildman–Crippen LogP) is 7.99. The van der Waals surface area contributed by atoms with Crippen LogP contribution in [0.2, 0.25) is 5.02 Å². The first kappa shape index (κ1) is 33.0. The van der Waals surface area contributed by atoms with E-state index in [4.69, 9.17) is 30.5 Å². The first-order chi connectivity index (χ1) is 23.2. The summed E-state index contributed by atoms with van der Waals surface area (Å²) in [6.07, 6.45) is 9.48. The molecule has 0 saturated heterocycles. The highest BCUT2D eigenvalue weighted by atomic mass is 35.5. The third-order valence-corrected chi connectivity index (χ3v) is 11.7. The van der Waals surface area contributed by atoms with Crippen LogP contribution in [0, 0.1) is 11.8 Å². The van der Waals surface area contributed by atoms with Gasteiger partial charge in [0.25, 0.3) is 0 Å². The second-order valence-electron chi connectivity index (χ2n) is 14.7. The summed E-state index contributed by atoms with van der Waals surface area (Å²) in [7, 11) is 1.67. The zero-order chi connectivity index (χ0) is 33.5. The normalized spacial score (nSPS) is 28.0. The van der Waals surface area contributed by atoms with Crippen molar-refractivity contribution in [3.05, 3.63) is 76.1 Å². The van der Waals surface area contributed by atoms with Crippen molar-refractivity contribution in [3.8, 4) is 17.2 Å². The highest BCUT2D eigenvalue weighted by Crippen LogP contribution is 2.58. The van der Waals surface area contributed by atoms with E-state index < -0.39 is 11.5 Å². The molecule has 1 aliphatic heterocycles. The van der Waals surface area contributed by atoms with E-state index in [0.717, 1.165) is 55.0 Å². The van der Waals surface area contributed by atoms with Gasteiger partial charge in [-0.15, -0.1) is 0 Å². The maximum atomic E-state index is 12.9. The Morgan fingerprint density at radius 1 is 1.17 bits per heavy atom. The van der Waals surface area contributed by atoms with Gasteiger partial charge < -0.3 is 29.4 Å². The van der Waals surface area contributed by atoms with Crippen molar-refractivity contribution in [1.82, 2.24) is 4.98 Å². The lowest BCUT2D eigenvalue weighted by molar-refractivity contribution is -0.144. The van der Waals surface area contributed by atoms with Crippen molar-refractivity contribution >= 4 is 23.3 Å². The number of rotatable bonds is 10. The first-order valence-corrected chi connectivity index (χ1v) is 17.9. The van der Waals surface area contributed by atoms with Gasteiger partial charge in [0.05, 0.1) is 13.2 Å². The number of benzene rings is 2. The van der Waals surface area contributed by atoms with Gasteiger partial charge in [-0.25, -0.2) is 4.79 Å². The van der Waals surface area contributed by atoms with Gasteiger partial charge in [0.15, 0.2) is 17.6 Å². The van der Waals surface area contributed by atoms with Gasteiger partial charge in [-0.2, -0.15) is 0 Å². The molecule has 48 heavy (non-hydrogen) atoms. The van der Waals surface area contributed by atoms with Crippen molar-refractivity contribution in [2.75, 3.05) is 32.2 Å². The minimum Gasteiger partial charge on any atom is -0.493 e. The quantitative estimate of drug-likeness (QED) is 0.223. The van der Waals surface area contributed by atoms with Gasteiger partial charge in [0, 0.05) is 35.3 Å². The maximum absolute atomic E-state index is 12.9. The van der Waals surface area contributed by atoms with Crippen LogP contribution in [0.15, 0.2) is 48.7 Å². The lowest BCUT2D eigenvalue weighted by atomic mass is 9.59. The van der Waals surface area contributed by atoms with E-state index in [0.29, 0.717) is 55.4 Å². The molecule has 3 aliphatic carbocycles. The molecule has 1 spiro atoms.